The van der Waals surface area contributed by atoms with Gasteiger partial charge in [0.2, 0.25) is 0 Å². The zero-order valence-electron chi connectivity index (χ0n) is 5.98. The van der Waals surface area contributed by atoms with Gasteiger partial charge in [-0.15, -0.1) is 5.92 Å². The predicted molar refractivity (Wildman–Crippen MR) is 42.8 cm³/mol. The van der Waals surface area contributed by atoms with E-state index in [1.54, 1.807) is 6.92 Å². The molecule has 0 amide bonds. The van der Waals surface area contributed by atoms with Crippen LogP contribution in [0.3, 0.4) is 0 Å². The molecule has 0 aliphatic rings. The lowest BCUT2D eigenvalue weighted by Gasteiger charge is -2.05. The molecule has 0 heterocycles. The summed E-state index contributed by atoms with van der Waals surface area (Å²) in [6, 6.07) is 0. The summed E-state index contributed by atoms with van der Waals surface area (Å²) in [5, 5.41) is 0.563. The molecule has 0 rings (SSSR count). The van der Waals surface area contributed by atoms with Gasteiger partial charge in [-0.2, -0.15) is 0 Å². The third kappa shape index (κ3) is 4.39. The average molecular weight is 205 g/mol. The Morgan fingerprint density at radius 3 is 2.70 bits per heavy atom. The van der Waals surface area contributed by atoms with Gasteiger partial charge in [0.05, 0.1) is 5.33 Å². The Balaban J connectivity index is 3.79. The summed E-state index contributed by atoms with van der Waals surface area (Å²) in [5.74, 6) is 5.09. The van der Waals surface area contributed by atoms with Crippen LogP contribution in [-0.4, -0.2) is 17.4 Å². The highest BCUT2D eigenvalue weighted by molar-refractivity contribution is 9.09. The molecule has 0 aromatic heterocycles. The van der Waals surface area contributed by atoms with Crippen LogP contribution in [0, 0.1) is 11.8 Å². The quantitative estimate of drug-likeness (QED) is 0.386. The number of hydrogen-bond donors (Lipinski definition) is 0. The first-order valence-corrected chi connectivity index (χ1v) is 3.98. The fraction of sp³-hybridized carbons (Fsp3) is 0.571. The van der Waals surface area contributed by atoms with Crippen molar-refractivity contribution in [2.24, 2.45) is 0 Å². The minimum absolute atomic E-state index is 0.299. The lowest BCUT2D eigenvalue weighted by molar-refractivity contribution is -0.142. The largest absolute Gasteiger partial charge is 0.448 e. The Kier molecular flexibility index (Phi) is 5.05. The second-order valence-electron chi connectivity index (χ2n) is 1.65. The van der Waals surface area contributed by atoms with Crippen LogP contribution >= 0.6 is 15.9 Å². The van der Waals surface area contributed by atoms with Gasteiger partial charge in [0.25, 0.3) is 0 Å². The molecule has 0 bridgehead atoms. The molecule has 0 fully saturated rings. The number of halogens is 1. The van der Waals surface area contributed by atoms with E-state index < -0.39 is 0 Å². The molecule has 0 aliphatic heterocycles. The maximum atomic E-state index is 10.4. The van der Waals surface area contributed by atoms with E-state index in [1.807, 2.05) is 0 Å². The van der Waals surface area contributed by atoms with E-state index in [4.69, 9.17) is 4.74 Å². The summed E-state index contributed by atoms with van der Waals surface area (Å²) < 4.78 is 4.78. The second kappa shape index (κ2) is 5.31. The summed E-state index contributed by atoms with van der Waals surface area (Å²) in [6.07, 6.45) is -0.303. The number of rotatable bonds is 2. The molecular formula is C7H9BrO2. The zero-order valence-corrected chi connectivity index (χ0v) is 7.56. The lowest BCUT2D eigenvalue weighted by Crippen LogP contribution is -2.15. The lowest BCUT2D eigenvalue weighted by atomic mass is 10.4. The standard InChI is InChI=1S/C7H9BrO2/c1-3-4-7(5-8)10-6(2)9/h7H,5H2,1-2H3. The molecular weight excluding hydrogens is 196 g/mol. The summed E-state index contributed by atoms with van der Waals surface area (Å²) in [5.41, 5.74) is 0. The fourth-order valence-electron chi connectivity index (χ4n) is 0.461. The van der Waals surface area contributed by atoms with Crippen LogP contribution in [0.25, 0.3) is 0 Å². The number of carbonyl (C=O) groups is 1. The van der Waals surface area contributed by atoms with Gasteiger partial charge in [-0.1, -0.05) is 21.9 Å². The van der Waals surface area contributed by atoms with Crippen LogP contribution in [0.4, 0.5) is 0 Å². The van der Waals surface area contributed by atoms with Crippen molar-refractivity contribution in [1.82, 2.24) is 0 Å². The molecule has 56 valence electrons. The first kappa shape index (κ1) is 9.51. The molecule has 1 atom stereocenters. The summed E-state index contributed by atoms with van der Waals surface area (Å²) in [7, 11) is 0. The predicted octanol–water partition coefficient (Wildman–Crippen LogP) is 1.34. The topological polar surface area (TPSA) is 26.3 Å². The fourth-order valence-corrected chi connectivity index (χ4v) is 0.755. The average Bonchev–Trinajstić information content (AvgIpc) is 1.86. The Bertz CT molecular complexity index is 166. The van der Waals surface area contributed by atoms with Gasteiger partial charge in [0, 0.05) is 6.92 Å². The molecule has 0 N–H and O–H groups in total. The first-order valence-electron chi connectivity index (χ1n) is 2.86. The highest BCUT2D eigenvalue weighted by Gasteiger charge is 2.04. The van der Waals surface area contributed by atoms with Crippen LogP contribution in [-0.2, 0) is 9.53 Å². The normalized spacial score (nSPS) is 11.1. The van der Waals surface area contributed by atoms with Crippen LogP contribution in [0.1, 0.15) is 13.8 Å². The van der Waals surface area contributed by atoms with Gasteiger partial charge in [0.1, 0.15) is 0 Å². The molecule has 0 aliphatic carbocycles. The van der Waals surface area contributed by atoms with E-state index in [9.17, 15) is 4.79 Å². The van der Waals surface area contributed by atoms with E-state index in [1.165, 1.54) is 6.92 Å². The maximum absolute atomic E-state index is 10.4. The first-order chi connectivity index (χ1) is 4.70. The van der Waals surface area contributed by atoms with Gasteiger partial charge < -0.3 is 4.74 Å². The number of esters is 1. The van der Waals surface area contributed by atoms with Crippen LogP contribution in [0.2, 0.25) is 0 Å². The van der Waals surface area contributed by atoms with Gasteiger partial charge in [-0.05, 0) is 6.92 Å². The van der Waals surface area contributed by atoms with E-state index in [-0.39, 0.29) is 12.1 Å². The van der Waals surface area contributed by atoms with Crippen molar-refractivity contribution in [2.75, 3.05) is 5.33 Å². The minimum atomic E-state index is -0.303. The van der Waals surface area contributed by atoms with Crippen molar-refractivity contribution in [2.45, 2.75) is 20.0 Å². The van der Waals surface area contributed by atoms with Crippen molar-refractivity contribution in [1.29, 1.82) is 0 Å². The van der Waals surface area contributed by atoms with Gasteiger partial charge in [-0.3, -0.25) is 4.79 Å². The molecule has 1 unspecified atom stereocenters. The number of ether oxygens (including phenoxy) is 1. The molecule has 2 nitrogen and oxygen atoms in total. The van der Waals surface area contributed by atoms with Gasteiger partial charge in [0.15, 0.2) is 6.10 Å². The van der Waals surface area contributed by atoms with Crippen LogP contribution in [0.5, 0.6) is 0 Å². The summed E-state index contributed by atoms with van der Waals surface area (Å²) in [6.45, 7) is 3.08. The highest BCUT2D eigenvalue weighted by atomic mass is 79.9. The third-order valence-corrected chi connectivity index (χ3v) is 1.34. The number of carbonyl (C=O) groups excluding carboxylic acids is 1. The molecule has 0 saturated carbocycles. The Labute approximate surface area is 69.1 Å². The molecule has 10 heavy (non-hydrogen) atoms. The van der Waals surface area contributed by atoms with Gasteiger partial charge in [-0.25, -0.2) is 0 Å². The SMILES string of the molecule is CC#CC(CBr)OC(C)=O. The molecule has 0 saturated heterocycles. The third-order valence-electron chi connectivity index (χ3n) is 0.754. The highest BCUT2D eigenvalue weighted by Crippen LogP contribution is 1.95. The van der Waals surface area contributed by atoms with Gasteiger partial charge >= 0.3 is 5.97 Å². The van der Waals surface area contributed by atoms with Crippen molar-refractivity contribution >= 4 is 21.9 Å². The molecule has 0 aromatic carbocycles. The van der Waals surface area contributed by atoms with Crippen LogP contribution in [0.15, 0.2) is 0 Å². The zero-order chi connectivity index (χ0) is 7.98. The van der Waals surface area contributed by atoms with Crippen LogP contribution < -0.4 is 0 Å². The van der Waals surface area contributed by atoms with E-state index in [0.29, 0.717) is 5.33 Å². The molecule has 3 heteroatoms. The molecule has 0 radical (unpaired) electrons. The second-order valence-corrected chi connectivity index (χ2v) is 2.29. The monoisotopic (exact) mass is 204 g/mol. The smallest absolute Gasteiger partial charge is 0.303 e. The van der Waals surface area contributed by atoms with Crippen molar-refractivity contribution < 1.29 is 9.53 Å². The van der Waals surface area contributed by atoms with Crippen molar-refractivity contribution in [3.8, 4) is 11.8 Å². The van der Waals surface area contributed by atoms with Crippen molar-refractivity contribution in [3.05, 3.63) is 0 Å². The molecule has 0 spiro atoms. The molecule has 0 aromatic rings. The Morgan fingerprint density at radius 2 is 2.40 bits per heavy atom. The van der Waals surface area contributed by atoms with Crippen molar-refractivity contribution in [3.63, 3.8) is 0 Å². The summed E-state index contributed by atoms with van der Waals surface area (Å²) in [4.78, 5) is 10.4. The van der Waals surface area contributed by atoms with E-state index >= 15 is 0 Å². The Morgan fingerprint density at radius 1 is 1.80 bits per heavy atom. The number of hydrogen-bond acceptors (Lipinski definition) is 2. The Hall–Kier alpha value is -0.490. The van der Waals surface area contributed by atoms with E-state index in [0.717, 1.165) is 0 Å². The minimum Gasteiger partial charge on any atom is -0.448 e. The van der Waals surface area contributed by atoms with E-state index in [2.05, 4.69) is 27.8 Å². The number of alkyl halides is 1. The summed E-state index contributed by atoms with van der Waals surface area (Å²) >= 11 is 3.17. The maximum Gasteiger partial charge on any atom is 0.303 e.